The number of ketones is 1. The van der Waals surface area contributed by atoms with Gasteiger partial charge in [0.25, 0.3) is 0 Å². The van der Waals surface area contributed by atoms with E-state index in [9.17, 15) is 4.79 Å². The van der Waals surface area contributed by atoms with E-state index in [0.29, 0.717) is 11.7 Å². The van der Waals surface area contributed by atoms with Crippen LogP contribution in [0.1, 0.15) is 33.6 Å². The maximum atomic E-state index is 10.9. The van der Waals surface area contributed by atoms with Crippen molar-refractivity contribution < 1.29 is 4.79 Å². The van der Waals surface area contributed by atoms with Crippen LogP contribution in [0.2, 0.25) is 0 Å². The number of hydrogen-bond donors (Lipinski definition) is 0. The first-order valence-electron chi connectivity index (χ1n) is 4.13. The van der Waals surface area contributed by atoms with Gasteiger partial charge in [0.05, 0.1) is 0 Å². The van der Waals surface area contributed by atoms with Gasteiger partial charge in [0.15, 0.2) is 0 Å². The van der Waals surface area contributed by atoms with Gasteiger partial charge in [-0.25, -0.2) is 0 Å². The summed E-state index contributed by atoms with van der Waals surface area (Å²) in [4.78, 5) is 10.9. The Bertz CT molecular complexity index is 136. The van der Waals surface area contributed by atoms with E-state index in [4.69, 9.17) is 0 Å². The Morgan fingerprint density at radius 3 is 2.20 bits per heavy atom. The Kier molecular flexibility index (Phi) is 2.12. The van der Waals surface area contributed by atoms with Crippen LogP contribution in [-0.2, 0) is 4.79 Å². The highest BCUT2D eigenvalue weighted by Crippen LogP contribution is 2.40. The molecule has 2 unspecified atom stereocenters. The van der Waals surface area contributed by atoms with E-state index in [1.165, 1.54) is 12.8 Å². The van der Waals surface area contributed by atoms with E-state index in [1.807, 2.05) is 6.92 Å². The predicted octanol–water partition coefficient (Wildman–Crippen LogP) is 2.26. The van der Waals surface area contributed by atoms with Crippen LogP contribution in [0.5, 0.6) is 0 Å². The number of carbonyl (C=O) groups is 1. The average Bonchev–Trinajstić information content (AvgIpc) is 2.65. The normalized spacial score (nSPS) is 23.9. The third-order valence-electron chi connectivity index (χ3n) is 2.80. The summed E-state index contributed by atoms with van der Waals surface area (Å²) in [6, 6.07) is 0. The zero-order valence-corrected chi connectivity index (χ0v) is 7.05. The van der Waals surface area contributed by atoms with E-state index >= 15 is 0 Å². The number of Topliss-reactive ketones (excluding diaryl/α,β-unsaturated/α-hetero) is 1. The maximum Gasteiger partial charge on any atom is 0.132 e. The van der Waals surface area contributed by atoms with Crippen molar-refractivity contribution in [2.75, 3.05) is 0 Å². The molecule has 1 aliphatic rings. The maximum absolute atomic E-state index is 10.9. The Hall–Kier alpha value is -0.330. The zero-order chi connectivity index (χ0) is 7.72. The predicted molar refractivity (Wildman–Crippen MR) is 41.7 cm³/mol. The second-order valence-electron chi connectivity index (χ2n) is 3.60. The van der Waals surface area contributed by atoms with Gasteiger partial charge in [-0.3, -0.25) is 4.79 Å². The molecule has 0 aromatic carbocycles. The monoisotopic (exact) mass is 140 g/mol. The summed E-state index contributed by atoms with van der Waals surface area (Å²) in [6.07, 6.45) is 2.69. The average molecular weight is 140 g/mol. The molecule has 0 spiro atoms. The largest absolute Gasteiger partial charge is 0.300 e. The lowest BCUT2D eigenvalue weighted by molar-refractivity contribution is -0.121. The van der Waals surface area contributed by atoms with E-state index in [1.54, 1.807) is 6.92 Å². The molecule has 0 bridgehead atoms. The Morgan fingerprint density at radius 1 is 1.40 bits per heavy atom. The molecule has 1 saturated carbocycles. The van der Waals surface area contributed by atoms with Crippen LogP contribution >= 0.6 is 0 Å². The Morgan fingerprint density at radius 2 is 1.90 bits per heavy atom. The topological polar surface area (TPSA) is 17.1 Å². The first-order valence-corrected chi connectivity index (χ1v) is 4.13. The fourth-order valence-electron chi connectivity index (χ4n) is 1.40. The third-order valence-corrected chi connectivity index (χ3v) is 2.80. The molecular weight excluding hydrogens is 124 g/mol. The molecular formula is C9H16O. The third kappa shape index (κ3) is 1.59. The van der Waals surface area contributed by atoms with Gasteiger partial charge in [-0.05, 0) is 31.6 Å². The molecule has 58 valence electrons. The summed E-state index contributed by atoms with van der Waals surface area (Å²) >= 11 is 0. The second kappa shape index (κ2) is 2.73. The highest BCUT2D eigenvalue weighted by molar-refractivity contribution is 5.78. The molecule has 0 N–H and O–H groups in total. The Labute approximate surface area is 62.8 Å². The first-order chi connectivity index (χ1) is 4.63. The van der Waals surface area contributed by atoms with E-state index in [0.717, 1.165) is 5.92 Å². The smallest absolute Gasteiger partial charge is 0.132 e. The molecule has 1 aliphatic carbocycles. The zero-order valence-electron chi connectivity index (χ0n) is 7.05. The van der Waals surface area contributed by atoms with Gasteiger partial charge in [-0.1, -0.05) is 13.8 Å². The lowest BCUT2D eigenvalue weighted by Crippen LogP contribution is -2.17. The van der Waals surface area contributed by atoms with Crippen molar-refractivity contribution in [1.82, 2.24) is 0 Å². The van der Waals surface area contributed by atoms with Crippen LogP contribution in [0.15, 0.2) is 0 Å². The van der Waals surface area contributed by atoms with E-state index in [-0.39, 0.29) is 5.92 Å². The van der Waals surface area contributed by atoms with Gasteiger partial charge >= 0.3 is 0 Å². The number of carbonyl (C=O) groups excluding carboxylic acids is 1. The van der Waals surface area contributed by atoms with Crippen LogP contribution < -0.4 is 0 Å². The minimum absolute atomic E-state index is 0.285. The van der Waals surface area contributed by atoms with Crippen LogP contribution in [0, 0.1) is 17.8 Å². The fourth-order valence-corrected chi connectivity index (χ4v) is 1.40. The lowest BCUT2D eigenvalue weighted by Gasteiger charge is -2.15. The molecule has 0 aromatic rings. The van der Waals surface area contributed by atoms with Crippen LogP contribution in [0.4, 0.5) is 0 Å². The van der Waals surface area contributed by atoms with Crippen LogP contribution in [0.3, 0.4) is 0 Å². The summed E-state index contributed by atoms with van der Waals surface area (Å²) in [5.41, 5.74) is 0. The fraction of sp³-hybridized carbons (Fsp3) is 0.889. The molecule has 1 rings (SSSR count). The standard InChI is InChI=1S/C9H16O/c1-6(8(3)10)7(2)9-4-5-9/h6-7,9H,4-5H2,1-3H3. The lowest BCUT2D eigenvalue weighted by atomic mass is 9.89. The highest BCUT2D eigenvalue weighted by atomic mass is 16.1. The van der Waals surface area contributed by atoms with Gasteiger partial charge in [-0.2, -0.15) is 0 Å². The highest BCUT2D eigenvalue weighted by Gasteiger charge is 2.32. The van der Waals surface area contributed by atoms with Crippen molar-refractivity contribution >= 4 is 5.78 Å². The van der Waals surface area contributed by atoms with Gasteiger partial charge in [-0.15, -0.1) is 0 Å². The molecule has 0 aliphatic heterocycles. The second-order valence-corrected chi connectivity index (χ2v) is 3.60. The number of hydrogen-bond acceptors (Lipinski definition) is 1. The van der Waals surface area contributed by atoms with E-state index < -0.39 is 0 Å². The summed E-state index contributed by atoms with van der Waals surface area (Å²) in [6.45, 7) is 5.94. The molecule has 0 saturated heterocycles. The van der Waals surface area contributed by atoms with Crippen molar-refractivity contribution in [3.63, 3.8) is 0 Å². The molecule has 2 atom stereocenters. The van der Waals surface area contributed by atoms with Crippen molar-refractivity contribution in [3.05, 3.63) is 0 Å². The molecule has 0 heterocycles. The Balaban J connectivity index is 2.38. The summed E-state index contributed by atoms with van der Waals surface area (Å²) in [5.74, 6) is 2.11. The summed E-state index contributed by atoms with van der Waals surface area (Å²) in [5, 5.41) is 0. The first kappa shape index (κ1) is 7.77. The van der Waals surface area contributed by atoms with E-state index in [2.05, 4.69) is 6.92 Å². The number of rotatable bonds is 3. The van der Waals surface area contributed by atoms with Gasteiger partial charge < -0.3 is 0 Å². The molecule has 1 fully saturated rings. The van der Waals surface area contributed by atoms with Crippen molar-refractivity contribution in [2.24, 2.45) is 17.8 Å². The molecule has 1 heteroatoms. The van der Waals surface area contributed by atoms with Crippen LogP contribution in [-0.4, -0.2) is 5.78 Å². The van der Waals surface area contributed by atoms with Crippen molar-refractivity contribution in [3.8, 4) is 0 Å². The van der Waals surface area contributed by atoms with Crippen molar-refractivity contribution in [2.45, 2.75) is 33.6 Å². The summed E-state index contributed by atoms with van der Waals surface area (Å²) in [7, 11) is 0. The van der Waals surface area contributed by atoms with Crippen molar-refractivity contribution in [1.29, 1.82) is 0 Å². The molecule has 10 heavy (non-hydrogen) atoms. The molecule has 1 nitrogen and oxygen atoms in total. The van der Waals surface area contributed by atoms with Gasteiger partial charge in [0.2, 0.25) is 0 Å². The molecule has 0 amide bonds. The van der Waals surface area contributed by atoms with Gasteiger partial charge in [0, 0.05) is 5.92 Å². The SMILES string of the molecule is CC(=O)C(C)C(C)C1CC1. The minimum atomic E-state index is 0.285. The quantitative estimate of drug-likeness (QED) is 0.587. The summed E-state index contributed by atoms with van der Waals surface area (Å²) < 4.78 is 0. The van der Waals surface area contributed by atoms with Gasteiger partial charge in [0.1, 0.15) is 5.78 Å². The molecule has 0 aromatic heterocycles. The minimum Gasteiger partial charge on any atom is -0.300 e. The van der Waals surface area contributed by atoms with Crippen LogP contribution in [0.25, 0.3) is 0 Å². The molecule has 0 radical (unpaired) electrons.